The zero-order chi connectivity index (χ0) is 12.4. The molecule has 0 saturated heterocycles. The third-order valence-corrected chi connectivity index (χ3v) is 3.24. The van der Waals surface area contributed by atoms with Gasteiger partial charge in [-0.25, -0.2) is 4.98 Å². The fourth-order valence-corrected chi connectivity index (χ4v) is 2.29. The van der Waals surface area contributed by atoms with E-state index in [1.54, 1.807) is 0 Å². The molecule has 3 aromatic rings. The SMILES string of the molecule is Brc1cccc(CNc2ccc3[nH]ccc3c2)n1. The van der Waals surface area contributed by atoms with Crippen molar-refractivity contribution in [3.63, 3.8) is 0 Å². The molecule has 1 aromatic carbocycles. The zero-order valence-corrected chi connectivity index (χ0v) is 11.2. The Morgan fingerprint density at radius 3 is 3.00 bits per heavy atom. The van der Waals surface area contributed by atoms with Gasteiger partial charge in [0.05, 0.1) is 12.2 Å². The highest BCUT2D eigenvalue weighted by Crippen LogP contribution is 2.18. The van der Waals surface area contributed by atoms with E-state index in [9.17, 15) is 0 Å². The van der Waals surface area contributed by atoms with Gasteiger partial charge in [0.2, 0.25) is 0 Å². The van der Waals surface area contributed by atoms with Gasteiger partial charge >= 0.3 is 0 Å². The minimum Gasteiger partial charge on any atom is -0.379 e. The van der Waals surface area contributed by atoms with Gasteiger partial charge in [-0.15, -0.1) is 0 Å². The average Bonchev–Trinajstić information content (AvgIpc) is 2.84. The Labute approximate surface area is 113 Å². The molecule has 0 saturated carbocycles. The summed E-state index contributed by atoms with van der Waals surface area (Å²) in [5, 5.41) is 4.58. The molecule has 0 aliphatic carbocycles. The van der Waals surface area contributed by atoms with Gasteiger partial charge in [-0.2, -0.15) is 0 Å². The zero-order valence-electron chi connectivity index (χ0n) is 9.65. The van der Waals surface area contributed by atoms with E-state index in [-0.39, 0.29) is 0 Å². The first-order valence-corrected chi connectivity index (χ1v) is 6.53. The van der Waals surface area contributed by atoms with Crippen LogP contribution in [0.3, 0.4) is 0 Å². The lowest BCUT2D eigenvalue weighted by Gasteiger charge is -2.06. The summed E-state index contributed by atoms with van der Waals surface area (Å²) in [4.78, 5) is 7.57. The molecular weight excluding hydrogens is 290 g/mol. The van der Waals surface area contributed by atoms with E-state index in [2.05, 4.69) is 55.5 Å². The Bertz CT molecular complexity index is 675. The topological polar surface area (TPSA) is 40.7 Å². The molecule has 0 fully saturated rings. The van der Waals surface area contributed by atoms with E-state index in [1.807, 2.05) is 24.4 Å². The molecule has 0 atom stereocenters. The largest absolute Gasteiger partial charge is 0.379 e. The molecule has 3 nitrogen and oxygen atoms in total. The average molecular weight is 302 g/mol. The van der Waals surface area contributed by atoms with Crippen LogP contribution in [-0.4, -0.2) is 9.97 Å². The van der Waals surface area contributed by atoms with E-state index in [4.69, 9.17) is 0 Å². The highest BCUT2D eigenvalue weighted by atomic mass is 79.9. The predicted octanol–water partition coefficient (Wildman–Crippen LogP) is 3.94. The van der Waals surface area contributed by atoms with Gasteiger partial charge in [0.25, 0.3) is 0 Å². The fraction of sp³-hybridized carbons (Fsp3) is 0.0714. The van der Waals surface area contributed by atoms with Gasteiger partial charge in [-0.3, -0.25) is 0 Å². The summed E-state index contributed by atoms with van der Waals surface area (Å²) in [5.41, 5.74) is 3.27. The van der Waals surface area contributed by atoms with Crippen LogP contribution in [0.2, 0.25) is 0 Å². The van der Waals surface area contributed by atoms with Crippen LogP contribution in [0.4, 0.5) is 5.69 Å². The molecule has 0 amide bonds. The molecule has 3 rings (SSSR count). The van der Waals surface area contributed by atoms with Gasteiger partial charge in [-0.1, -0.05) is 6.07 Å². The Balaban J connectivity index is 1.76. The third kappa shape index (κ3) is 2.38. The molecule has 0 unspecified atom stereocenters. The van der Waals surface area contributed by atoms with Crippen LogP contribution in [-0.2, 0) is 6.54 Å². The van der Waals surface area contributed by atoms with Crippen molar-refractivity contribution in [2.24, 2.45) is 0 Å². The number of rotatable bonds is 3. The van der Waals surface area contributed by atoms with Crippen molar-refractivity contribution >= 4 is 32.5 Å². The Hall–Kier alpha value is -1.81. The second-order valence-corrected chi connectivity index (χ2v) is 4.90. The number of nitrogens with zero attached hydrogens (tertiary/aromatic N) is 1. The maximum Gasteiger partial charge on any atom is 0.106 e. The van der Waals surface area contributed by atoms with Crippen molar-refractivity contribution in [3.8, 4) is 0 Å². The van der Waals surface area contributed by atoms with Crippen LogP contribution in [0.25, 0.3) is 10.9 Å². The van der Waals surface area contributed by atoms with E-state index >= 15 is 0 Å². The maximum absolute atomic E-state index is 4.39. The Kier molecular flexibility index (Phi) is 3.02. The number of anilines is 1. The molecule has 2 N–H and O–H groups in total. The molecular formula is C14H12BrN3. The Morgan fingerprint density at radius 2 is 2.11 bits per heavy atom. The number of benzene rings is 1. The molecule has 0 spiro atoms. The first-order valence-electron chi connectivity index (χ1n) is 5.74. The summed E-state index contributed by atoms with van der Waals surface area (Å²) in [6.45, 7) is 0.718. The lowest BCUT2D eigenvalue weighted by atomic mass is 10.2. The first-order chi connectivity index (χ1) is 8.81. The molecule has 2 heterocycles. The summed E-state index contributed by atoms with van der Waals surface area (Å²) < 4.78 is 0.864. The number of fused-ring (bicyclic) bond motifs is 1. The molecule has 4 heteroatoms. The van der Waals surface area contributed by atoms with Gasteiger partial charge < -0.3 is 10.3 Å². The number of pyridine rings is 1. The first kappa shape index (κ1) is 11.3. The van der Waals surface area contributed by atoms with Crippen LogP contribution >= 0.6 is 15.9 Å². The Morgan fingerprint density at radius 1 is 1.17 bits per heavy atom. The van der Waals surface area contributed by atoms with Crippen LogP contribution in [0.5, 0.6) is 0 Å². The number of hydrogen-bond acceptors (Lipinski definition) is 2. The number of nitrogens with one attached hydrogen (secondary N) is 2. The summed E-state index contributed by atoms with van der Waals surface area (Å²) >= 11 is 3.37. The number of aromatic amines is 1. The van der Waals surface area contributed by atoms with Gasteiger partial charge in [-0.05, 0) is 52.3 Å². The highest BCUT2D eigenvalue weighted by molar-refractivity contribution is 9.10. The van der Waals surface area contributed by atoms with Crippen molar-refractivity contribution in [3.05, 3.63) is 59.0 Å². The standard InChI is InChI=1S/C14H12BrN3/c15-14-3-1-2-12(18-14)9-17-11-4-5-13-10(8-11)6-7-16-13/h1-8,16-17H,9H2. The van der Waals surface area contributed by atoms with E-state index < -0.39 is 0 Å². The van der Waals surface area contributed by atoms with Crippen molar-refractivity contribution in [1.82, 2.24) is 9.97 Å². The smallest absolute Gasteiger partial charge is 0.106 e. The number of halogens is 1. The quantitative estimate of drug-likeness (QED) is 0.720. The van der Waals surface area contributed by atoms with Crippen molar-refractivity contribution in [1.29, 1.82) is 0 Å². The lowest BCUT2D eigenvalue weighted by Crippen LogP contribution is -2.01. The van der Waals surface area contributed by atoms with Crippen LogP contribution in [0.15, 0.2) is 53.3 Å². The molecule has 0 bridgehead atoms. The lowest BCUT2D eigenvalue weighted by molar-refractivity contribution is 1.03. The molecule has 90 valence electrons. The second-order valence-electron chi connectivity index (χ2n) is 4.08. The van der Waals surface area contributed by atoms with Gasteiger partial charge in [0, 0.05) is 22.8 Å². The normalized spacial score (nSPS) is 10.7. The fourth-order valence-electron chi connectivity index (χ4n) is 1.90. The van der Waals surface area contributed by atoms with Crippen molar-refractivity contribution in [2.45, 2.75) is 6.54 Å². The summed E-state index contributed by atoms with van der Waals surface area (Å²) in [5.74, 6) is 0. The second kappa shape index (κ2) is 4.82. The minimum absolute atomic E-state index is 0.718. The van der Waals surface area contributed by atoms with Gasteiger partial charge in [0.15, 0.2) is 0 Å². The van der Waals surface area contributed by atoms with Crippen LogP contribution in [0, 0.1) is 0 Å². The summed E-state index contributed by atoms with van der Waals surface area (Å²) in [6, 6.07) is 14.3. The molecule has 0 aliphatic rings. The van der Waals surface area contributed by atoms with Crippen LogP contribution in [0.1, 0.15) is 5.69 Å². The number of H-pyrrole nitrogens is 1. The third-order valence-electron chi connectivity index (χ3n) is 2.80. The number of aromatic nitrogens is 2. The number of hydrogen-bond donors (Lipinski definition) is 2. The summed E-state index contributed by atoms with van der Waals surface area (Å²) in [6.07, 6.45) is 1.95. The maximum atomic E-state index is 4.39. The van der Waals surface area contributed by atoms with E-state index in [0.717, 1.165) is 28.0 Å². The summed E-state index contributed by atoms with van der Waals surface area (Å²) in [7, 11) is 0. The molecule has 0 radical (unpaired) electrons. The van der Waals surface area contributed by atoms with Gasteiger partial charge in [0.1, 0.15) is 4.60 Å². The van der Waals surface area contributed by atoms with Crippen molar-refractivity contribution < 1.29 is 0 Å². The predicted molar refractivity (Wildman–Crippen MR) is 77.6 cm³/mol. The van der Waals surface area contributed by atoms with Crippen LogP contribution < -0.4 is 5.32 Å². The van der Waals surface area contributed by atoms with E-state index in [1.165, 1.54) is 5.39 Å². The molecule has 0 aliphatic heterocycles. The minimum atomic E-state index is 0.718. The molecule has 2 aromatic heterocycles. The monoisotopic (exact) mass is 301 g/mol. The highest BCUT2D eigenvalue weighted by Gasteiger charge is 1.98. The molecule has 18 heavy (non-hydrogen) atoms. The van der Waals surface area contributed by atoms with E-state index in [0.29, 0.717) is 0 Å². The van der Waals surface area contributed by atoms with Crippen molar-refractivity contribution in [2.75, 3.05) is 5.32 Å².